The summed E-state index contributed by atoms with van der Waals surface area (Å²) in [6.45, 7) is 2.45. The van der Waals surface area contributed by atoms with E-state index in [-0.39, 0.29) is 11.3 Å². The number of nitro groups is 1. The number of hydrogen-bond donors (Lipinski definition) is 1. The van der Waals surface area contributed by atoms with Crippen molar-refractivity contribution in [3.05, 3.63) is 106 Å². The Morgan fingerprint density at radius 1 is 1.00 bits per heavy atom. The molecule has 0 aliphatic carbocycles. The molecule has 0 bridgehead atoms. The number of aromatic nitrogens is 3. The molecule has 4 aromatic rings. The van der Waals surface area contributed by atoms with Gasteiger partial charge in [-0.05, 0) is 24.6 Å². The molecule has 0 atom stereocenters. The van der Waals surface area contributed by atoms with E-state index in [9.17, 15) is 14.9 Å². The minimum atomic E-state index is -0.508. The molecule has 0 saturated carbocycles. The molecule has 8 nitrogen and oxygen atoms in total. The van der Waals surface area contributed by atoms with Crippen LogP contribution in [-0.4, -0.2) is 25.6 Å². The van der Waals surface area contributed by atoms with Crippen molar-refractivity contribution in [2.75, 3.05) is 5.32 Å². The Hall–Kier alpha value is -4.33. The van der Waals surface area contributed by atoms with Crippen molar-refractivity contribution in [2.24, 2.45) is 0 Å². The van der Waals surface area contributed by atoms with Crippen molar-refractivity contribution >= 4 is 17.5 Å². The van der Waals surface area contributed by atoms with Gasteiger partial charge in [-0.25, -0.2) is 0 Å². The lowest BCUT2D eigenvalue weighted by molar-refractivity contribution is -0.384. The van der Waals surface area contributed by atoms with E-state index in [1.54, 1.807) is 0 Å². The fourth-order valence-corrected chi connectivity index (χ4v) is 3.02. The normalized spacial score (nSPS) is 10.6. The fourth-order valence-electron chi connectivity index (χ4n) is 3.02. The monoisotopic (exact) mass is 413 g/mol. The third kappa shape index (κ3) is 4.48. The number of carbonyl (C=O) groups excluding carboxylic acids is 1. The highest BCUT2D eigenvalue weighted by Crippen LogP contribution is 2.21. The van der Waals surface area contributed by atoms with Crippen LogP contribution in [0.25, 0.3) is 11.4 Å². The molecule has 0 saturated heterocycles. The highest BCUT2D eigenvalue weighted by atomic mass is 16.6. The summed E-state index contributed by atoms with van der Waals surface area (Å²) in [6, 6.07) is 22.8. The van der Waals surface area contributed by atoms with Gasteiger partial charge >= 0.3 is 0 Å². The maximum atomic E-state index is 13.1. The molecule has 8 heteroatoms. The molecule has 0 fully saturated rings. The maximum Gasteiger partial charge on any atom is 0.281 e. The maximum absolute atomic E-state index is 13.1. The summed E-state index contributed by atoms with van der Waals surface area (Å²) < 4.78 is 1.19. The zero-order valence-corrected chi connectivity index (χ0v) is 16.7. The van der Waals surface area contributed by atoms with E-state index in [4.69, 9.17) is 0 Å². The van der Waals surface area contributed by atoms with Gasteiger partial charge in [0.05, 0.1) is 4.92 Å². The lowest BCUT2D eigenvalue weighted by Crippen LogP contribution is -2.17. The Morgan fingerprint density at radius 3 is 2.32 bits per heavy atom. The van der Waals surface area contributed by atoms with E-state index in [0.717, 1.165) is 16.7 Å². The van der Waals surface area contributed by atoms with Gasteiger partial charge in [-0.1, -0.05) is 60.2 Å². The Kier molecular flexibility index (Phi) is 5.53. The number of non-ortho nitro benzene ring substituents is 1. The molecule has 31 heavy (non-hydrogen) atoms. The number of benzene rings is 3. The van der Waals surface area contributed by atoms with Crippen LogP contribution in [0.3, 0.4) is 0 Å². The van der Waals surface area contributed by atoms with Gasteiger partial charge < -0.3 is 5.32 Å². The van der Waals surface area contributed by atoms with Gasteiger partial charge in [-0.3, -0.25) is 14.9 Å². The van der Waals surface area contributed by atoms with Crippen LogP contribution in [0, 0.1) is 17.0 Å². The van der Waals surface area contributed by atoms with Crippen molar-refractivity contribution in [1.82, 2.24) is 14.8 Å². The fraction of sp³-hybridized carbons (Fsp3) is 0.0870. The molecule has 1 heterocycles. The van der Waals surface area contributed by atoms with Crippen molar-refractivity contribution in [1.29, 1.82) is 0 Å². The number of nitro benzene ring substituents is 1. The first-order chi connectivity index (χ1) is 15.0. The van der Waals surface area contributed by atoms with Gasteiger partial charge in [0.25, 0.3) is 11.6 Å². The number of anilines is 1. The second kappa shape index (κ2) is 8.58. The average Bonchev–Trinajstić information content (AvgIpc) is 3.22. The highest BCUT2D eigenvalue weighted by Gasteiger charge is 2.19. The molecule has 1 aromatic heterocycles. The van der Waals surface area contributed by atoms with Crippen LogP contribution < -0.4 is 5.32 Å². The van der Waals surface area contributed by atoms with E-state index in [1.807, 2.05) is 61.5 Å². The van der Waals surface area contributed by atoms with Gasteiger partial charge in [-0.2, -0.15) is 9.67 Å². The van der Waals surface area contributed by atoms with Crippen molar-refractivity contribution < 1.29 is 9.72 Å². The summed E-state index contributed by atoms with van der Waals surface area (Å²) in [7, 11) is 0. The minimum Gasteiger partial charge on any atom is -0.350 e. The van der Waals surface area contributed by atoms with Crippen LogP contribution in [0.5, 0.6) is 0 Å². The molecule has 0 spiro atoms. The van der Waals surface area contributed by atoms with Gasteiger partial charge in [-0.15, -0.1) is 5.10 Å². The molecule has 0 aliphatic rings. The van der Waals surface area contributed by atoms with E-state index >= 15 is 0 Å². The van der Waals surface area contributed by atoms with Crippen LogP contribution in [0.2, 0.25) is 0 Å². The summed E-state index contributed by atoms with van der Waals surface area (Å²) in [5, 5.41) is 18.5. The predicted octanol–water partition coefficient (Wildman–Crippen LogP) is 4.46. The number of carbonyl (C=O) groups is 1. The first kappa shape index (κ1) is 20.0. The quantitative estimate of drug-likeness (QED) is 0.370. The number of nitrogens with one attached hydrogen (secondary N) is 1. The highest BCUT2D eigenvalue weighted by molar-refractivity contribution is 5.97. The second-order valence-electron chi connectivity index (χ2n) is 6.99. The minimum absolute atomic E-state index is 0.0853. The SMILES string of the molecule is Cc1ccc(-c2nc(NCc3ccccc3)n(C(=O)c3ccc([N+](=O)[O-])cc3)n2)cc1. The van der Waals surface area contributed by atoms with Crippen molar-refractivity contribution in [2.45, 2.75) is 13.5 Å². The molecule has 4 rings (SSSR count). The zero-order valence-electron chi connectivity index (χ0n) is 16.7. The van der Waals surface area contributed by atoms with E-state index in [0.29, 0.717) is 18.3 Å². The van der Waals surface area contributed by atoms with Gasteiger partial charge in [0.15, 0.2) is 5.82 Å². The van der Waals surface area contributed by atoms with E-state index in [1.165, 1.54) is 28.9 Å². The Morgan fingerprint density at radius 2 is 1.68 bits per heavy atom. The number of aryl methyl sites for hydroxylation is 1. The summed E-state index contributed by atoms with van der Waals surface area (Å²) >= 11 is 0. The lowest BCUT2D eigenvalue weighted by atomic mass is 10.1. The van der Waals surface area contributed by atoms with E-state index in [2.05, 4.69) is 15.4 Å². The molecule has 0 radical (unpaired) electrons. The van der Waals surface area contributed by atoms with Crippen LogP contribution in [0.15, 0.2) is 78.9 Å². The predicted molar refractivity (Wildman–Crippen MR) is 117 cm³/mol. The van der Waals surface area contributed by atoms with Gasteiger partial charge in [0, 0.05) is 29.8 Å². The van der Waals surface area contributed by atoms with Gasteiger partial charge in [0.1, 0.15) is 0 Å². The smallest absolute Gasteiger partial charge is 0.281 e. The average molecular weight is 413 g/mol. The number of hydrogen-bond acceptors (Lipinski definition) is 6. The standard InChI is InChI=1S/C23H19N5O3/c1-16-7-9-18(10-8-16)21-25-23(24-15-17-5-3-2-4-6-17)27(26-21)22(29)19-11-13-20(14-12-19)28(30)31/h2-14H,15H2,1H3,(H,24,25,26). The summed E-state index contributed by atoms with van der Waals surface area (Å²) in [6.07, 6.45) is 0. The molecule has 154 valence electrons. The molecule has 0 amide bonds. The molecule has 0 unspecified atom stereocenters. The van der Waals surface area contributed by atoms with Crippen LogP contribution in [0.4, 0.5) is 11.6 Å². The molecular weight excluding hydrogens is 394 g/mol. The zero-order chi connectivity index (χ0) is 21.8. The van der Waals surface area contributed by atoms with Gasteiger partial charge in [0.2, 0.25) is 5.95 Å². The topological polar surface area (TPSA) is 103 Å². The summed E-state index contributed by atoms with van der Waals surface area (Å²) in [5.74, 6) is 0.268. The Bertz CT molecular complexity index is 1220. The van der Waals surface area contributed by atoms with Crippen LogP contribution in [0.1, 0.15) is 21.5 Å². The molecular formula is C23H19N5O3. The molecule has 0 aliphatic heterocycles. The molecule has 3 aromatic carbocycles. The summed E-state index contributed by atoms with van der Waals surface area (Å²) in [5.41, 5.74) is 3.10. The first-order valence-corrected chi connectivity index (χ1v) is 9.62. The first-order valence-electron chi connectivity index (χ1n) is 9.62. The Labute approximate surface area is 178 Å². The molecule has 1 N–H and O–H groups in total. The van der Waals surface area contributed by atoms with Crippen LogP contribution >= 0.6 is 0 Å². The third-order valence-electron chi connectivity index (χ3n) is 4.73. The second-order valence-corrected chi connectivity index (χ2v) is 6.99. The Balaban J connectivity index is 1.68. The van der Waals surface area contributed by atoms with Crippen molar-refractivity contribution in [3.8, 4) is 11.4 Å². The number of rotatable bonds is 6. The van der Waals surface area contributed by atoms with Crippen molar-refractivity contribution in [3.63, 3.8) is 0 Å². The number of nitrogens with zero attached hydrogens (tertiary/aromatic N) is 4. The lowest BCUT2D eigenvalue weighted by Gasteiger charge is -2.07. The summed E-state index contributed by atoms with van der Waals surface area (Å²) in [4.78, 5) is 28.0. The third-order valence-corrected chi connectivity index (χ3v) is 4.73. The van der Waals surface area contributed by atoms with E-state index < -0.39 is 10.8 Å². The largest absolute Gasteiger partial charge is 0.350 e. The van der Waals surface area contributed by atoms with Crippen LogP contribution in [-0.2, 0) is 6.54 Å².